The highest BCUT2D eigenvalue weighted by Gasteiger charge is 2.13. The molecule has 0 fully saturated rings. The fourth-order valence-corrected chi connectivity index (χ4v) is 2.39. The Morgan fingerprint density at radius 1 is 1.29 bits per heavy atom. The molecule has 0 spiro atoms. The van der Waals surface area contributed by atoms with Crippen LogP contribution in [0.1, 0.15) is 15.9 Å². The first kappa shape index (κ1) is 16.1. The maximum Gasteiger partial charge on any atom is 0.338 e. The third kappa shape index (κ3) is 3.87. The molecule has 0 aliphatic heterocycles. The van der Waals surface area contributed by atoms with E-state index in [1.807, 2.05) is 0 Å². The van der Waals surface area contributed by atoms with Gasteiger partial charge in [0.1, 0.15) is 12.4 Å². The van der Waals surface area contributed by atoms with Crippen molar-refractivity contribution in [1.29, 1.82) is 0 Å². The molecule has 0 aliphatic carbocycles. The number of halogens is 4. The molecule has 0 unspecified atom stereocenters. The van der Waals surface area contributed by atoms with E-state index in [-0.39, 0.29) is 33.7 Å². The lowest BCUT2D eigenvalue weighted by atomic mass is 10.2. The minimum atomic E-state index is -0.600. The van der Waals surface area contributed by atoms with E-state index in [0.717, 1.165) is 0 Å². The van der Waals surface area contributed by atoms with Crippen LogP contribution in [0.5, 0.6) is 0 Å². The smallest absolute Gasteiger partial charge is 0.338 e. The van der Waals surface area contributed by atoms with Crippen molar-refractivity contribution in [3.8, 4) is 0 Å². The van der Waals surface area contributed by atoms with Crippen LogP contribution in [0.3, 0.4) is 0 Å². The van der Waals surface area contributed by atoms with E-state index in [2.05, 4.69) is 15.9 Å². The first-order chi connectivity index (χ1) is 9.88. The number of anilines is 1. The van der Waals surface area contributed by atoms with Gasteiger partial charge in [0, 0.05) is 10.0 Å². The molecule has 0 radical (unpaired) electrons. The minimum Gasteiger partial charge on any atom is -0.457 e. The van der Waals surface area contributed by atoms with Crippen LogP contribution in [0, 0.1) is 5.82 Å². The van der Waals surface area contributed by atoms with Gasteiger partial charge in [0.25, 0.3) is 0 Å². The summed E-state index contributed by atoms with van der Waals surface area (Å²) in [5.74, 6) is -0.981. The predicted octanol–water partition coefficient (Wildman–Crippen LogP) is 4.83. The number of rotatable bonds is 3. The number of nitrogens with two attached hydrogens (primary N) is 1. The number of esters is 1. The molecule has 21 heavy (non-hydrogen) atoms. The van der Waals surface area contributed by atoms with Crippen molar-refractivity contribution < 1.29 is 13.9 Å². The second kappa shape index (κ2) is 6.64. The highest BCUT2D eigenvalue weighted by atomic mass is 79.9. The van der Waals surface area contributed by atoms with Gasteiger partial charge in [-0.25, -0.2) is 9.18 Å². The van der Waals surface area contributed by atoms with E-state index in [1.165, 1.54) is 30.3 Å². The molecular weight excluding hydrogens is 384 g/mol. The summed E-state index contributed by atoms with van der Waals surface area (Å²) in [5.41, 5.74) is 6.66. The highest BCUT2D eigenvalue weighted by Crippen LogP contribution is 2.29. The summed E-state index contributed by atoms with van der Waals surface area (Å²) in [6.45, 7) is -0.0140. The van der Waals surface area contributed by atoms with E-state index < -0.39 is 5.97 Å². The van der Waals surface area contributed by atoms with Crippen LogP contribution < -0.4 is 5.73 Å². The summed E-state index contributed by atoms with van der Waals surface area (Å²) in [6, 6.07) is 6.86. The molecule has 2 aromatic carbocycles. The van der Waals surface area contributed by atoms with E-state index in [0.29, 0.717) is 10.0 Å². The van der Waals surface area contributed by atoms with Crippen molar-refractivity contribution in [3.63, 3.8) is 0 Å². The molecule has 0 heterocycles. The topological polar surface area (TPSA) is 52.3 Å². The minimum absolute atomic E-state index is 0.0140. The third-order valence-corrected chi connectivity index (χ3v) is 4.22. The Kier molecular flexibility index (Phi) is 5.08. The summed E-state index contributed by atoms with van der Waals surface area (Å²) >= 11 is 14.9. The van der Waals surface area contributed by atoms with Crippen LogP contribution in [0.4, 0.5) is 10.1 Å². The van der Waals surface area contributed by atoms with Crippen LogP contribution in [0.25, 0.3) is 0 Å². The highest BCUT2D eigenvalue weighted by molar-refractivity contribution is 9.10. The van der Waals surface area contributed by atoms with Gasteiger partial charge in [0.2, 0.25) is 0 Å². The normalized spacial score (nSPS) is 10.5. The number of hydrogen-bond donors (Lipinski definition) is 1. The molecule has 0 saturated heterocycles. The second-order valence-corrected chi connectivity index (χ2v) is 5.81. The van der Waals surface area contributed by atoms with Gasteiger partial charge in [0.05, 0.1) is 21.3 Å². The van der Waals surface area contributed by atoms with E-state index >= 15 is 0 Å². The SMILES string of the molecule is Nc1cc(C(=O)OCc2ccc(F)cc2Br)cc(Cl)c1Cl. The molecule has 2 rings (SSSR count). The molecule has 0 bridgehead atoms. The largest absolute Gasteiger partial charge is 0.457 e. The zero-order valence-corrected chi connectivity index (χ0v) is 13.6. The Hall–Kier alpha value is -1.30. The molecule has 110 valence electrons. The van der Waals surface area contributed by atoms with Crippen molar-refractivity contribution in [1.82, 2.24) is 0 Å². The van der Waals surface area contributed by atoms with Gasteiger partial charge in [0.15, 0.2) is 0 Å². The maximum atomic E-state index is 13.0. The van der Waals surface area contributed by atoms with Crippen LogP contribution in [-0.2, 0) is 11.3 Å². The van der Waals surface area contributed by atoms with Crippen LogP contribution >= 0.6 is 39.1 Å². The number of hydrogen-bond acceptors (Lipinski definition) is 3. The molecule has 0 aliphatic rings. The standard InChI is InChI=1S/C14H9BrCl2FNO2/c15-10-5-9(18)2-1-7(10)6-21-14(20)8-3-11(16)13(17)12(19)4-8/h1-5H,6,19H2. The molecule has 7 heteroatoms. The maximum absolute atomic E-state index is 13.0. The van der Waals surface area contributed by atoms with Gasteiger partial charge in [-0.2, -0.15) is 0 Å². The quantitative estimate of drug-likeness (QED) is 0.600. The Morgan fingerprint density at radius 2 is 2.00 bits per heavy atom. The number of ether oxygens (including phenoxy) is 1. The summed E-state index contributed by atoms with van der Waals surface area (Å²) < 4.78 is 18.6. The van der Waals surface area contributed by atoms with Gasteiger partial charge < -0.3 is 10.5 Å². The van der Waals surface area contributed by atoms with Gasteiger partial charge >= 0.3 is 5.97 Å². The fraction of sp³-hybridized carbons (Fsp3) is 0.0714. The summed E-state index contributed by atoms with van der Waals surface area (Å²) in [4.78, 5) is 11.9. The zero-order chi connectivity index (χ0) is 15.6. The molecule has 3 nitrogen and oxygen atoms in total. The van der Waals surface area contributed by atoms with Crippen LogP contribution in [0.2, 0.25) is 10.0 Å². The van der Waals surface area contributed by atoms with Gasteiger partial charge in [-0.05, 0) is 24.3 Å². The van der Waals surface area contributed by atoms with Crippen LogP contribution in [0.15, 0.2) is 34.8 Å². The molecule has 0 aromatic heterocycles. The summed E-state index contributed by atoms with van der Waals surface area (Å²) in [5, 5.41) is 0.362. The van der Waals surface area contributed by atoms with Gasteiger partial charge in [-0.15, -0.1) is 0 Å². The summed E-state index contributed by atoms with van der Waals surface area (Å²) in [6.07, 6.45) is 0. The Morgan fingerprint density at radius 3 is 2.62 bits per heavy atom. The number of carbonyl (C=O) groups is 1. The van der Waals surface area contributed by atoms with Gasteiger partial charge in [-0.1, -0.05) is 45.2 Å². The molecule has 2 N–H and O–H groups in total. The van der Waals surface area contributed by atoms with Crippen molar-refractivity contribution in [3.05, 3.63) is 61.8 Å². The average molecular weight is 393 g/mol. The zero-order valence-electron chi connectivity index (χ0n) is 10.5. The van der Waals surface area contributed by atoms with Crippen molar-refractivity contribution in [2.75, 3.05) is 5.73 Å². The molecule has 0 amide bonds. The van der Waals surface area contributed by atoms with E-state index in [9.17, 15) is 9.18 Å². The Balaban J connectivity index is 2.12. The van der Waals surface area contributed by atoms with Crippen LogP contribution in [-0.4, -0.2) is 5.97 Å². The van der Waals surface area contributed by atoms with Crippen molar-refractivity contribution >= 4 is 50.8 Å². The predicted molar refractivity (Wildman–Crippen MR) is 84.1 cm³/mol. The Labute approximate surface area is 138 Å². The lowest BCUT2D eigenvalue weighted by Crippen LogP contribution is -2.06. The van der Waals surface area contributed by atoms with Crippen molar-refractivity contribution in [2.24, 2.45) is 0 Å². The van der Waals surface area contributed by atoms with Crippen molar-refractivity contribution in [2.45, 2.75) is 6.61 Å². The lowest BCUT2D eigenvalue weighted by molar-refractivity contribution is 0.0472. The van der Waals surface area contributed by atoms with Gasteiger partial charge in [-0.3, -0.25) is 0 Å². The number of benzene rings is 2. The fourth-order valence-electron chi connectivity index (χ4n) is 1.59. The molecule has 0 saturated carbocycles. The number of carbonyl (C=O) groups excluding carboxylic acids is 1. The van der Waals surface area contributed by atoms with E-state index in [1.54, 1.807) is 0 Å². The molecule has 2 aromatic rings. The average Bonchev–Trinajstić information content (AvgIpc) is 2.43. The lowest BCUT2D eigenvalue weighted by Gasteiger charge is -2.08. The van der Waals surface area contributed by atoms with E-state index in [4.69, 9.17) is 33.7 Å². The monoisotopic (exact) mass is 391 g/mol. The Bertz CT molecular complexity index is 686. The summed E-state index contributed by atoms with van der Waals surface area (Å²) in [7, 11) is 0. The molecular formula is C14H9BrCl2FNO2. The third-order valence-electron chi connectivity index (χ3n) is 2.67. The number of nitrogen functional groups attached to an aromatic ring is 1. The first-order valence-electron chi connectivity index (χ1n) is 5.74. The first-order valence-corrected chi connectivity index (χ1v) is 7.29. The molecule has 0 atom stereocenters. The second-order valence-electron chi connectivity index (χ2n) is 4.17.